The molecule has 1 saturated heterocycles. The monoisotopic (exact) mass is 445 g/mol. The lowest BCUT2D eigenvalue weighted by atomic mass is 10.1. The first-order chi connectivity index (χ1) is 14.9. The van der Waals surface area contributed by atoms with Crippen LogP contribution in [0.25, 0.3) is 5.69 Å². The molecular weight excluding hydrogens is 422 g/mol. The number of nitrogens with zero attached hydrogens (tertiary/aromatic N) is 7. The Labute approximate surface area is 179 Å². The van der Waals surface area contributed by atoms with Crippen molar-refractivity contribution in [2.45, 2.75) is 31.6 Å². The van der Waals surface area contributed by atoms with Gasteiger partial charge in [-0.15, -0.1) is 5.10 Å². The van der Waals surface area contributed by atoms with Crippen LogP contribution in [-0.4, -0.2) is 75.1 Å². The highest BCUT2D eigenvalue weighted by Crippen LogP contribution is 2.24. The number of aromatic nitrogens is 5. The normalized spacial score (nSPS) is 15.7. The molecule has 1 aliphatic heterocycles. The van der Waals surface area contributed by atoms with Crippen molar-refractivity contribution >= 4 is 15.9 Å². The minimum absolute atomic E-state index is 0.0354. The molecule has 0 spiro atoms. The molecule has 12 heteroatoms. The molecule has 0 radical (unpaired) electrons. The van der Waals surface area contributed by atoms with Gasteiger partial charge in [-0.3, -0.25) is 4.79 Å². The Morgan fingerprint density at radius 2 is 1.87 bits per heavy atom. The number of benzene rings is 1. The second-order valence-corrected chi connectivity index (χ2v) is 9.26. The van der Waals surface area contributed by atoms with Gasteiger partial charge in [0.1, 0.15) is 16.9 Å². The Bertz CT molecular complexity index is 1140. The topological polar surface area (TPSA) is 127 Å². The molecule has 31 heavy (non-hydrogen) atoms. The highest BCUT2D eigenvalue weighted by atomic mass is 32.2. The molecule has 1 aromatic carbocycles. The molecule has 0 unspecified atom stereocenters. The third kappa shape index (κ3) is 4.35. The van der Waals surface area contributed by atoms with E-state index in [0.717, 1.165) is 11.3 Å². The fourth-order valence-electron chi connectivity index (χ4n) is 3.69. The average Bonchev–Trinajstić information content (AvgIpc) is 3.31. The van der Waals surface area contributed by atoms with Gasteiger partial charge in [0.25, 0.3) is 0 Å². The number of sulfonamides is 1. The number of aryl methyl sites for hydroxylation is 2. The van der Waals surface area contributed by atoms with Crippen LogP contribution in [0.4, 0.5) is 0 Å². The lowest BCUT2D eigenvalue weighted by molar-refractivity contribution is -0.130. The van der Waals surface area contributed by atoms with Crippen LogP contribution in [-0.2, 0) is 21.2 Å². The van der Waals surface area contributed by atoms with Crippen LogP contribution in [0.2, 0.25) is 0 Å². The second-order valence-electron chi connectivity index (χ2n) is 7.39. The third-order valence-electron chi connectivity index (χ3n) is 5.28. The zero-order valence-electron chi connectivity index (χ0n) is 17.3. The number of tetrazole rings is 1. The summed E-state index contributed by atoms with van der Waals surface area (Å²) in [4.78, 5) is 14.7. The first-order valence-electron chi connectivity index (χ1n) is 9.89. The minimum Gasteiger partial charge on any atom is -0.360 e. The Hall–Kier alpha value is -3.12. The van der Waals surface area contributed by atoms with Gasteiger partial charge in [0.05, 0.1) is 12.1 Å². The summed E-state index contributed by atoms with van der Waals surface area (Å²) in [6.07, 6.45) is 2.30. The van der Waals surface area contributed by atoms with Crippen molar-refractivity contribution in [3.8, 4) is 5.69 Å². The smallest absolute Gasteiger partial charge is 0.248 e. The summed E-state index contributed by atoms with van der Waals surface area (Å²) in [5.41, 5.74) is 2.02. The number of carbonyl (C=O) groups excluding carboxylic acids is 1. The molecule has 2 aromatic heterocycles. The van der Waals surface area contributed by atoms with Crippen LogP contribution < -0.4 is 0 Å². The lowest BCUT2D eigenvalue weighted by Gasteiger charge is -2.22. The van der Waals surface area contributed by atoms with E-state index in [-0.39, 0.29) is 29.5 Å². The Balaban J connectivity index is 1.40. The number of amides is 1. The average molecular weight is 446 g/mol. The Kier molecular flexibility index (Phi) is 5.83. The molecule has 3 aromatic rings. The molecule has 0 aliphatic carbocycles. The van der Waals surface area contributed by atoms with Gasteiger partial charge in [0.15, 0.2) is 5.76 Å². The van der Waals surface area contributed by atoms with E-state index < -0.39 is 10.0 Å². The van der Waals surface area contributed by atoms with Crippen molar-refractivity contribution < 1.29 is 17.7 Å². The van der Waals surface area contributed by atoms with Crippen LogP contribution in [0.5, 0.6) is 0 Å². The van der Waals surface area contributed by atoms with Crippen LogP contribution in [0.15, 0.2) is 40.0 Å². The van der Waals surface area contributed by atoms with Crippen molar-refractivity contribution in [3.63, 3.8) is 0 Å². The third-order valence-corrected chi connectivity index (χ3v) is 7.42. The summed E-state index contributed by atoms with van der Waals surface area (Å²) in [5.74, 6) is 0.242. The van der Waals surface area contributed by atoms with Gasteiger partial charge in [-0.2, -0.15) is 4.31 Å². The molecule has 1 fully saturated rings. The van der Waals surface area contributed by atoms with Crippen molar-refractivity contribution in [2.24, 2.45) is 0 Å². The predicted molar refractivity (Wildman–Crippen MR) is 109 cm³/mol. The highest BCUT2D eigenvalue weighted by Gasteiger charge is 2.32. The van der Waals surface area contributed by atoms with E-state index in [2.05, 4.69) is 20.7 Å². The second kappa shape index (κ2) is 8.55. The molecule has 11 nitrogen and oxygen atoms in total. The summed E-state index contributed by atoms with van der Waals surface area (Å²) >= 11 is 0. The van der Waals surface area contributed by atoms with Crippen LogP contribution >= 0.6 is 0 Å². The van der Waals surface area contributed by atoms with E-state index in [0.29, 0.717) is 31.7 Å². The molecule has 0 N–H and O–H groups in total. The van der Waals surface area contributed by atoms with E-state index in [1.807, 2.05) is 24.3 Å². The number of hydrogen-bond acceptors (Lipinski definition) is 8. The molecule has 164 valence electrons. The first-order valence-corrected chi connectivity index (χ1v) is 11.3. The molecule has 3 heterocycles. The fraction of sp³-hybridized carbons (Fsp3) is 0.421. The van der Waals surface area contributed by atoms with Gasteiger partial charge >= 0.3 is 0 Å². The summed E-state index contributed by atoms with van der Waals surface area (Å²) in [6.45, 7) is 4.62. The minimum atomic E-state index is -3.72. The predicted octanol–water partition coefficient (Wildman–Crippen LogP) is 0.733. The molecular formula is C19H23N7O4S. The van der Waals surface area contributed by atoms with Gasteiger partial charge in [-0.05, 0) is 48.4 Å². The van der Waals surface area contributed by atoms with Gasteiger partial charge in [0.2, 0.25) is 15.9 Å². The van der Waals surface area contributed by atoms with Crippen molar-refractivity contribution in [1.82, 2.24) is 34.6 Å². The quantitative estimate of drug-likeness (QED) is 0.562. The number of rotatable bonds is 5. The molecule has 1 amide bonds. The molecule has 4 rings (SSSR count). The van der Waals surface area contributed by atoms with E-state index in [4.69, 9.17) is 4.52 Å². The standard InChI is InChI=1S/C19H23N7O4S/c1-14-19(15(2)30-21-14)31(28,29)25-9-3-8-24(10-11-25)18(27)12-16-4-6-17(7-5-16)26-13-20-22-23-26/h4-7,13H,3,8-12H2,1-2H3. The van der Waals surface area contributed by atoms with Crippen LogP contribution in [0.3, 0.4) is 0 Å². The molecule has 0 bridgehead atoms. The zero-order chi connectivity index (χ0) is 22.0. The first kappa shape index (κ1) is 21.1. The van der Waals surface area contributed by atoms with E-state index in [1.165, 1.54) is 15.3 Å². The van der Waals surface area contributed by atoms with Gasteiger partial charge in [-0.25, -0.2) is 13.1 Å². The van der Waals surface area contributed by atoms with Crippen LogP contribution in [0, 0.1) is 13.8 Å². The summed E-state index contributed by atoms with van der Waals surface area (Å²) < 4.78 is 34.1. The molecule has 0 atom stereocenters. The maximum atomic E-state index is 13.0. The van der Waals surface area contributed by atoms with Crippen molar-refractivity contribution in [3.05, 3.63) is 47.6 Å². The number of hydrogen-bond donors (Lipinski definition) is 0. The summed E-state index contributed by atoms with van der Waals surface area (Å²) in [5, 5.41) is 14.8. The summed E-state index contributed by atoms with van der Waals surface area (Å²) in [7, 11) is -3.72. The Morgan fingerprint density at radius 1 is 1.10 bits per heavy atom. The fourth-order valence-corrected chi connectivity index (χ4v) is 5.45. The maximum absolute atomic E-state index is 13.0. The van der Waals surface area contributed by atoms with Gasteiger partial charge in [-0.1, -0.05) is 17.3 Å². The Morgan fingerprint density at radius 3 is 2.52 bits per heavy atom. The van der Waals surface area contributed by atoms with E-state index >= 15 is 0 Å². The van der Waals surface area contributed by atoms with Crippen molar-refractivity contribution in [2.75, 3.05) is 26.2 Å². The SMILES string of the molecule is Cc1noc(C)c1S(=O)(=O)N1CCCN(C(=O)Cc2ccc(-n3cnnn3)cc2)CC1. The maximum Gasteiger partial charge on any atom is 0.248 e. The zero-order valence-corrected chi connectivity index (χ0v) is 18.1. The van der Waals surface area contributed by atoms with Gasteiger partial charge in [0, 0.05) is 26.2 Å². The lowest BCUT2D eigenvalue weighted by Crippen LogP contribution is -2.38. The molecule has 0 saturated carbocycles. The van der Waals surface area contributed by atoms with Crippen molar-refractivity contribution in [1.29, 1.82) is 0 Å². The summed E-state index contributed by atoms with van der Waals surface area (Å²) in [6, 6.07) is 7.42. The van der Waals surface area contributed by atoms with E-state index in [9.17, 15) is 13.2 Å². The largest absolute Gasteiger partial charge is 0.360 e. The van der Waals surface area contributed by atoms with Crippen LogP contribution in [0.1, 0.15) is 23.4 Å². The van der Waals surface area contributed by atoms with Gasteiger partial charge < -0.3 is 9.42 Å². The molecule has 1 aliphatic rings. The number of carbonyl (C=O) groups is 1. The van der Waals surface area contributed by atoms with E-state index in [1.54, 1.807) is 18.7 Å². The highest BCUT2D eigenvalue weighted by molar-refractivity contribution is 7.89.